The van der Waals surface area contributed by atoms with E-state index in [2.05, 4.69) is 10.9 Å². The Bertz CT molecular complexity index is 882. The average Bonchev–Trinajstić information content (AvgIpc) is 2.64. The van der Waals surface area contributed by atoms with E-state index in [1.165, 1.54) is 43.5 Å². The third-order valence-corrected chi connectivity index (χ3v) is 3.45. The summed E-state index contributed by atoms with van der Waals surface area (Å²) < 4.78 is 5.06. The van der Waals surface area contributed by atoms with Gasteiger partial charge in [0, 0.05) is 23.2 Å². The van der Waals surface area contributed by atoms with Gasteiger partial charge in [0.25, 0.3) is 17.5 Å². The lowest BCUT2D eigenvalue weighted by Crippen LogP contribution is -2.40. The van der Waals surface area contributed by atoms with E-state index in [1.807, 2.05) is 0 Å². The number of nitrogens with zero attached hydrogens (tertiary/aromatic N) is 1. The second kappa shape index (κ2) is 8.63. The van der Waals surface area contributed by atoms with Crippen molar-refractivity contribution < 1.29 is 19.2 Å². The smallest absolute Gasteiger partial charge is 0.273 e. The summed E-state index contributed by atoms with van der Waals surface area (Å²) in [5.41, 5.74) is 4.97. The summed E-state index contributed by atoms with van der Waals surface area (Å²) in [5.74, 6) is -0.930. The summed E-state index contributed by atoms with van der Waals surface area (Å²) in [6, 6.07) is 10.3. The standard InChI is InChI=1S/C17H14ClN3O5/c1-26-15-7-6-12(18)10-14(15)17(23)20-19-16(22)8-5-11-3-2-4-13(9-11)21(24)25/h2-10H,1H3,(H,19,22)(H,20,23)/b8-5+. The lowest BCUT2D eigenvalue weighted by atomic mass is 10.2. The number of amides is 2. The van der Waals surface area contributed by atoms with Gasteiger partial charge in [0.05, 0.1) is 17.6 Å². The molecular formula is C17H14ClN3O5. The van der Waals surface area contributed by atoms with Crippen LogP contribution in [0.3, 0.4) is 0 Å². The van der Waals surface area contributed by atoms with Crippen molar-refractivity contribution in [3.8, 4) is 5.75 Å². The van der Waals surface area contributed by atoms with Crippen LogP contribution in [-0.4, -0.2) is 23.8 Å². The maximum Gasteiger partial charge on any atom is 0.273 e. The van der Waals surface area contributed by atoms with Crippen molar-refractivity contribution in [2.45, 2.75) is 0 Å². The van der Waals surface area contributed by atoms with Crippen LogP contribution < -0.4 is 15.6 Å². The molecule has 0 unspecified atom stereocenters. The van der Waals surface area contributed by atoms with Gasteiger partial charge in [0.2, 0.25) is 0 Å². The molecule has 0 aliphatic rings. The zero-order valence-corrected chi connectivity index (χ0v) is 14.3. The average molecular weight is 376 g/mol. The number of hydrogen-bond acceptors (Lipinski definition) is 5. The largest absolute Gasteiger partial charge is 0.496 e. The topological polar surface area (TPSA) is 111 Å². The molecule has 134 valence electrons. The van der Waals surface area contributed by atoms with E-state index in [-0.39, 0.29) is 11.3 Å². The maximum atomic E-state index is 12.1. The summed E-state index contributed by atoms with van der Waals surface area (Å²) in [7, 11) is 1.40. The van der Waals surface area contributed by atoms with Gasteiger partial charge in [0.15, 0.2) is 0 Å². The Hall–Kier alpha value is -3.39. The van der Waals surface area contributed by atoms with E-state index in [1.54, 1.807) is 12.1 Å². The number of hydrogen-bond donors (Lipinski definition) is 2. The van der Waals surface area contributed by atoms with Crippen LogP contribution in [0, 0.1) is 10.1 Å². The number of nitro groups is 1. The minimum atomic E-state index is -0.620. The maximum absolute atomic E-state index is 12.1. The SMILES string of the molecule is COc1ccc(Cl)cc1C(=O)NNC(=O)/C=C/c1cccc([N+](=O)[O-])c1. The van der Waals surface area contributed by atoms with Crippen molar-refractivity contribution >= 4 is 35.2 Å². The summed E-state index contributed by atoms with van der Waals surface area (Å²) >= 11 is 5.85. The molecule has 0 bridgehead atoms. The van der Waals surface area contributed by atoms with Gasteiger partial charge >= 0.3 is 0 Å². The van der Waals surface area contributed by atoms with Crippen molar-refractivity contribution in [3.05, 3.63) is 74.8 Å². The number of ether oxygens (including phenoxy) is 1. The molecule has 26 heavy (non-hydrogen) atoms. The minimum Gasteiger partial charge on any atom is -0.496 e. The first kappa shape index (κ1) is 18.9. The molecule has 0 saturated heterocycles. The predicted molar refractivity (Wildman–Crippen MR) is 95.7 cm³/mol. The zero-order chi connectivity index (χ0) is 19.1. The van der Waals surface area contributed by atoms with Crippen LogP contribution in [0.15, 0.2) is 48.5 Å². The Balaban J connectivity index is 1.98. The Kier molecular flexibility index (Phi) is 6.29. The van der Waals surface area contributed by atoms with E-state index < -0.39 is 16.7 Å². The molecule has 0 radical (unpaired) electrons. The second-order valence-electron chi connectivity index (χ2n) is 4.97. The first-order valence-electron chi connectivity index (χ1n) is 7.27. The Morgan fingerprint density at radius 3 is 2.65 bits per heavy atom. The predicted octanol–water partition coefficient (Wildman–Crippen LogP) is 2.73. The second-order valence-corrected chi connectivity index (χ2v) is 5.41. The highest BCUT2D eigenvalue weighted by Crippen LogP contribution is 2.22. The van der Waals surface area contributed by atoms with Gasteiger partial charge in [-0.3, -0.25) is 30.6 Å². The number of benzene rings is 2. The molecule has 0 aliphatic carbocycles. The fraction of sp³-hybridized carbons (Fsp3) is 0.0588. The van der Waals surface area contributed by atoms with Crippen LogP contribution in [-0.2, 0) is 4.79 Å². The molecule has 0 aliphatic heterocycles. The molecule has 0 spiro atoms. The molecular weight excluding hydrogens is 362 g/mol. The highest BCUT2D eigenvalue weighted by atomic mass is 35.5. The van der Waals surface area contributed by atoms with Crippen LogP contribution in [0.1, 0.15) is 15.9 Å². The van der Waals surface area contributed by atoms with Crippen molar-refractivity contribution in [2.75, 3.05) is 7.11 Å². The first-order chi connectivity index (χ1) is 12.4. The third-order valence-electron chi connectivity index (χ3n) is 3.21. The Morgan fingerprint density at radius 1 is 1.19 bits per heavy atom. The van der Waals surface area contributed by atoms with E-state index >= 15 is 0 Å². The van der Waals surface area contributed by atoms with Crippen molar-refractivity contribution in [1.82, 2.24) is 10.9 Å². The highest BCUT2D eigenvalue weighted by Gasteiger charge is 2.13. The molecule has 0 aromatic heterocycles. The molecule has 0 fully saturated rings. The van der Waals surface area contributed by atoms with Gasteiger partial charge in [-0.05, 0) is 29.8 Å². The van der Waals surface area contributed by atoms with Gasteiger partial charge in [-0.2, -0.15) is 0 Å². The normalized spacial score (nSPS) is 10.4. The number of rotatable bonds is 5. The van der Waals surface area contributed by atoms with Gasteiger partial charge in [-0.1, -0.05) is 23.7 Å². The van der Waals surface area contributed by atoms with Crippen LogP contribution in [0.2, 0.25) is 5.02 Å². The number of carbonyl (C=O) groups excluding carboxylic acids is 2. The number of nitrogens with one attached hydrogen (secondary N) is 2. The van der Waals surface area contributed by atoms with Crippen molar-refractivity contribution in [3.63, 3.8) is 0 Å². The Morgan fingerprint density at radius 2 is 1.96 bits per heavy atom. The van der Waals surface area contributed by atoms with E-state index in [0.717, 1.165) is 6.08 Å². The zero-order valence-electron chi connectivity index (χ0n) is 13.6. The van der Waals surface area contributed by atoms with Crippen molar-refractivity contribution in [1.29, 1.82) is 0 Å². The van der Waals surface area contributed by atoms with E-state index in [9.17, 15) is 19.7 Å². The lowest BCUT2D eigenvalue weighted by Gasteiger charge is -2.09. The fourth-order valence-corrected chi connectivity index (χ4v) is 2.17. The summed E-state index contributed by atoms with van der Waals surface area (Å²) in [6.45, 7) is 0. The molecule has 0 saturated carbocycles. The summed E-state index contributed by atoms with van der Waals surface area (Å²) in [5, 5.41) is 11.1. The van der Waals surface area contributed by atoms with Crippen molar-refractivity contribution in [2.24, 2.45) is 0 Å². The Labute approximate surface area is 153 Å². The number of carbonyl (C=O) groups is 2. The van der Waals surface area contributed by atoms with Crippen LogP contribution in [0.5, 0.6) is 5.75 Å². The lowest BCUT2D eigenvalue weighted by molar-refractivity contribution is -0.384. The third kappa shape index (κ3) is 5.05. The van der Waals surface area contributed by atoms with Crippen LogP contribution in [0.25, 0.3) is 6.08 Å². The molecule has 8 nitrogen and oxygen atoms in total. The molecule has 2 aromatic rings. The van der Waals surface area contributed by atoms with Crippen LogP contribution >= 0.6 is 11.6 Å². The minimum absolute atomic E-state index is 0.0890. The number of halogens is 1. The molecule has 0 heterocycles. The number of non-ortho nitro benzene ring substituents is 1. The monoisotopic (exact) mass is 375 g/mol. The van der Waals surface area contributed by atoms with Gasteiger partial charge in [0.1, 0.15) is 5.75 Å². The molecule has 2 rings (SSSR count). The van der Waals surface area contributed by atoms with Gasteiger partial charge in [-0.15, -0.1) is 0 Å². The highest BCUT2D eigenvalue weighted by molar-refractivity contribution is 6.31. The first-order valence-corrected chi connectivity index (χ1v) is 7.65. The van der Waals surface area contributed by atoms with E-state index in [0.29, 0.717) is 16.3 Å². The molecule has 2 aromatic carbocycles. The van der Waals surface area contributed by atoms with E-state index in [4.69, 9.17) is 16.3 Å². The fourth-order valence-electron chi connectivity index (χ4n) is 2.00. The van der Waals surface area contributed by atoms with Crippen LogP contribution in [0.4, 0.5) is 5.69 Å². The summed E-state index contributed by atoms with van der Waals surface area (Å²) in [6.07, 6.45) is 2.52. The molecule has 2 amide bonds. The molecule has 0 atom stereocenters. The molecule has 9 heteroatoms. The summed E-state index contributed by atoms with van der Waals surface area (Å²) in [4.78, 5) is 34.1. The molecule has 2 N–H and O–H groups in total. The number of hydrazine groups is 1. The van der Waals surface area contributed by atoms with Gasteiger partial charge in [-0.25, -0.2) is 0 Å². The van der Waals surface area contributed by atoms with Gasteiger partial charge < -0.3 is 4.74 Å². The number of nitro benzene ring substituents is 1. The number of methoxy groups -OCH3 is 1. The quantitative estimate of drug-likeness (QED) is 0.474.